The SMILES string of the molecule is CCCCC[C@H]1CC[C@H](C(CC)Oc2cccc(F)c2)CC1. The molecule has 0 N–H and O–H groups in total. The van der Waals surface area contributed by atoms with Gasteiger partial charge in [-0.15, -0.1) is 0 Å². The molecule has 0 amide bonds. The van der Waals surface area contributed by atoms with Crippen molar-refractivity contribution in [3.05, 3.63) is 30.1 Å². The lowest BCUT2D eigenvalue weighted by atomic mass is 9.77. The van der Waals surface area contributed by atoms with Crippen molar-refractivity contribution < 1.29 is 9.13 Å². The van der Waals surface area contributed by atoms with Gasteiger partial charge in [-0.2, -0.15) is 0 Å². The van der Waals surface area contributed by atoms with Crippen LogP contribution < -0.4 is 4.74 Å². The maximum absolute atomic E-state index is 13.3. The van der Waals surface area contributed by atoms with E-state index in [9.17, 15) is 4.39 Å². The highest BCUT2D eigenvalue weighted by Crippen LogP contribution is 2.35. The Bertz CT molecular complexity index is 423. The molecule has 0 radical (unpaired) electrons. The van der Waals surface area contributed by atoms with E-state index in [1.165, 1.54) is 63.5 Å². The summed E-state index contributed by atoms with van der Waals surface area (Å²) in [6.07, 6.45) is 11.9. The summed E-state index contributed by atoms with van der Waals surface area (Å²) in [7, 11) is 0. The van der Waals surface area contributed by atoms with Gasteiger partial charge in [0.2, 0.25) is 0 Å². The third-order valence-electron chi connectivity index (χ3n) is 5.12. The molecule has 1 unspecified atom stereocenters. The molecule has 0 aromatic heterocycles. The predicted octanol–water partition coefficient (Wildman–Crippen LogP) is 6.37. The van der Waals surface area contributed by atoms with Crippen molar-refractivity contribution in [3.63, 3.8) is 0 Å². The van der Waals surface area contributed by atoms with E-state index >= 15 is 0 Å². The minimum Gasteiger partial charge on any atom is -0.490 e. The van der Waals surface area contributed by atoms with Gasteiger partial charge in [-0.3, -0.25) is 0 Å². The van der Waals surface area contributed by atoms with Crippen molar-refractivity contribution in [2.24, 2.45) is 11.8 Å². The third kappa shape index (κ3) is 5.30. The van der Waals surface area contributed by atoms with Crippen LogP contribution in [0.4, 0.5) is 4.39 Å². The molecule has 1 aromatic carbocycles. The van der Waals surface area contributed by atoms with Crippen LogP contribution >= 0.6 is 0 Å². The van der Waals surface area contributed by atoms with Crippen LogP contribution in [0.15, 0.2) is 24.3 Å². The molecule has 1 saturated carbocycles. The summed E-state index contributed by atoms with van der Waals surface area (Å²) >= 11 is 0. The van der Waals surface area contributed by atoms with E-state index in [0.29, 0.717) is 11.7 Å². The van der Waals surface area contributed by atoms with E-state index in [4.69, 9.17) is 4.74 Å². The maximum Gasteiger partial charge on any atom is 0.126 e. The van der Waals surface area contributed by atoms with Crippen molar-refractivity contribution in [1.29, 1.82) is 0 Å². The topological polar surface area (TPSA) is 9.23 Å². The van der Waals surface area contributed by atoms with Crippen LogP contribution in [0.5, 0.6) is 5.75 Å². The van der Waals surface area contributed by atoms with Gasteiger partial charge in [0.05, 0.1) is 0 Å². The van der Waals surface area contributed by atoms with Gasteiger partial charge in [-0.1, -0.05) is 58.4 Å². The Hall–Kier alpha value is -1.05. The standard InChI is InChI=1S/C20H31FO/c1-3-5-6-8-16-11-13-17(14-12-16)20(4-2)22-19-10-7-9-18(21)15-19/h7,9-10,15-17,20H,3-6,8,11-14H2,1-2H3/t16-,17-,20?. The van der Waals surface area contributed by atoms with E-state index in [-0.39, 0.29) is 11.9 Å². The first-order chi connectivity index (χ1) is 10.7. The number of halogens is 1. The fourth-order valence-electron chi connectivity index (χ4n) is 3.76. The smallest absolute Gasteiger partial charge is 0.126 e. The molecule has 1 fully saturated rings. The fourth-order valence-corrected chi connectivity index (χ4v) is 3.76. The van der Waals surface area contributed by atoms with Crippen LogP contribution in [-0.4, -0.2) is 6.10 Å². The average molecular weight is 306 g/mol. The van der Waals surface area contributed by atoms with Gasteiger partial charge < -0.3 is 4.74 Å². The molecule has 1 atom stereocenters. The van der Waals surface area contributed by atoms with Gasteiger partial charge in [0.15, 0.2) is 0 Å². The van der Waals surface area contributed by atoms with Gasteiger partial charge >= 0.3 is 0 Å². The third-order valence-corrected chi connectivity index (χ3v) is 5.12. The molecule has 1 nitrogen and oxygen atoms in total. The summed E-state index contributed by atoms with van der Waals surface area (Å²) in [5, 5.41) is 0. The highest BCUT2D eigenvalue weighted by atomic mass is 19.1. The van der Waals surface area contributed by atoms with Gasteiger partial charge in [0.25, 0.3) is 0 Å². The summed E-state index contributed by atoms with van der Waals surface area (Å²) in [6.45, 7) is 4.45. The Morgan fingerprint density at radius 3 is 2.55 bits per heavy atom. The maximum atomic E-state index is 13.3. The largest absolute Gasteiger partial charge is 0.490 e. The molecule has 124 valence electrons. The summed E-state index contributed by atoms with van der Waals surface area (Å²) in [5.74, 6) is 2.02. The molecule has 1 aromatic rings. The molecule has 0 aliphatic heterocycles. The Morgan fingerprint density at radius 1 is 1.14 bits per heavy atom. The number of rotatable bonds is 8. The Labute approximate surface area is 135 Å². The Balaban J connectivity index is 1.80. The lowest BCUT2D eigenvalue weighted by molar-refractivity contribution is 0.0892. The molecule has 1 aliphatic carbocycles. The van der Waals surface area contributed by atoms with E-state index in [1.54, 1.807) is 6.07 Å². The highest BCUT2D eigenvalue weighted by Gasteiger charge is 2.27. The van der Waals surface area contributed by atoms with Crippen molar-refractivity contribution >= 4 is 0 Å². The van der Waals surface area contributed by atoms with Gasteiger partial charge in [0, 0.05) is 6.07 Å². The van der Waals surface area contributed by atoms with Crippen LogP contribution in [0.1, 0.15) is 71.6 Å². The molecule has 2 rings (SSSR count). The zero-order valence-electron chi connectivity index (χ0n) is 14.2. The van der Waals surface area contributed by atoms with Gasteiger partial charge in [0.1, 0.15) is 17.7 Å². The van der Waals surface area contributed by atoms with Gasteiger partial charge in [-0.25, -0.2) is 4.39 Å². The second-order valence-electron chi connectivity index (χ2n) is 6.80. The predicted molar refractivity (Wildman–Crippen MR) is 90.7 cm³/mol. The van der Waals surface area contributed by atoms with Crippen LogP contribution in [0, 0.1) is 17.7 Å². The van der Waals surface area contributed by atoms with E-state index < -0.39 is 0 Å². The van der Waals surface area contributed by atoms with Crippen molar-refractivity contribution in [1.82, 2.24) is 0 Å². The zero-order chi connectivity index (χ0) is 15.8. The second kappa shape index (κ2) is 9.17. The van der Waals surface area contributed by atoms with Crippen LogP contribution in [-0.2, 0) is 0 Å². The molecule has 2 heteroatoms. The quantitative estimate of drug-likeness (QED) is 0.507. The lowest BCUT2D eigenvalue weighted by Gasteiger charge is -2.33. The first-order valence-electron chi connectivity index (χ1n) is 9.15. The number of ether oxygens (including phenoxy) is 1. The summed E-state index contributed by atoms with van der Waals surface area (Å²) in [4.78, 5) is 0. The molecule has 0 heterocycles. The molecule has 0 bridgehead atoms. The van der Waals surface area contributed by atoms with Crippen molar-refractivity contribution in [3.8, 4) is 5.75 Å². The number of unbranched alkanes of at least 4 members (excludes halogenated alkanes) is 2. The molecule has 0 saturated heterocycles. The Kier molecular flexibility index (Phi) is 7.21. The van der Waals surface area contributed by atoms with E-state index in [1.807, 2.05) is 6.07 Å². The lowest BCUT2D eigenvalue weighted by Crippen LogP contribution is -2.30. The second-order valence-corrected chi connectivity index (χ2v) is 6.80. The van der Waals surface area contributed by atoms with Crippen LogP contribution in [0.25, 0.3) is 0 Å². The summed E-state index contributed by atoms with van der Waals surface area (Å²) < 4.78 is 19.4. The minimum absolute atomic E-state index is 0.216. The molecule has 22 heavy (non-hydrogen) atoms. The van der Waals surface area contributed by atoms with Crippen molar-refractivity contribution in [2.45, 2.75) is 77.7 Å². The fraction of sp³-hybridized carbons (Fsp3) is 0.700. The zero-order valence-corrected chi connectivity index (χ0v) is 14.2. The van der Waals surface area contributed by atoms with Crippen molar-refractivity contribution in [2.75, 3.05) is 0 Å². The average Bonchev–Trinajstić information content (AvgIpc) is 2.54. The monoisotopic (exact) mass is 306 g/mol. The van der Waals surface area contributed by atoms with Crippen LogP contribution in [0.2, 0.25) is 0 Å². The normalized spacial score (nSPS) is 23.2. The number of benzene rings is 1. The first-order valence-corrected chi connectivity index (χ1v) is 9.15. The summed E-state index contributed by atoms with van der Waals surface area (Å²) in [5.41, 5.74) is 0. The van der Waals surface area contributed by atoms with Gasteiger partial charge in [-0.05, 0) is 43.2 Å². The highest BCUT2D eigenvalue weighted by molar-refractivity contribution is 5.22. The first kappa shape index (κ1) is 17.3. The van der Waals surface area contributed by atoms with Crippen LogP contribution in [0.3, 0.4) is 0 Å². The summed E-state index contributed by atoms with van der Waals surface area (Å²) in [6, 6.07) is 6.55. The minimum atomic E-state index is -0.216. The number of hydrogen-bond acceptors (Lipinski definition) is 1. The Morgan fingerprint density at radius 2 is 1.91 bits per heavy atom. The molecular formula is C20H31FO. The molecular weight excluding hydrogens is 275 g/mol. The molecule has 1 aliphatic rings. The van der Waals surface area contributed by atoms with E-state index in [0.717, 1.165) is 12.3 Å². The molecule has 0 spiro atoms. The van der Waals surface area contributed by atoms with E-state index in [2.05, 4.69) is 13.8 Å². The number of hydrogen-bond donors (Lipinski definition) is 0.